The Morgan fingerprint density at radius 1 is 1.36 bits per heavy atom. The largest absolute Gasteiger partial charge is 0.459 e. The molecule has 0 bridgehead atoms. The summed E-state index contributed by atoms with van der Waals surface area (Å²) in [5.74, 6) is -1.86. The van der Waals surface area contributed by atoms with Crippen LogP contribution in [0.3, 0.4) is 0 Å². The molecule has 1 aromatic carbocycles. The van der Waals surface area contributed by atoms with Gasteiger partial charge >= 0.3 is 18.0 Å². The number of nitrogens with zero attached hydrogens (tertiary/aromatic N) is 1. The number of carbonyl (C=O) groups is 3. The number of ether oxygens (including phenoxy) is 3. The molecule has 0 radical (unpaired) electrons. The van der Waals surface area contributed by atoms with E-state index in [1.807, 2.05) is 0 Å². The number of amides is 2. The minimum atomic E-state index is -1.07. The number of benzene rings is 1. The van der Waals surface area contributed by atoms with Crippen LogP contribution in [0.25, 0.3) is 0 Å². The Kier molecular flexibility index (Phi) is 5.74. The van der Waals surface area contributed by atoms with Gasteiger partial charge in [0, 0.05) is 19.5 Å². The molecule has 1 aromatic rings. The Balaban J connectivity index is 1.68. The quantitative estimate of drug-likeness (QED) is 0.775. The van der Waals surface area contributed by atoms with Gasteiger partial charge in [-0.2, -0.15) is 0 Å². The van der Waals surface area contributed by atoms with Gasteiger partial charge in [-0.1, -0.05) is 24.8 Å². The van der Waals surface area contributed by atoms with Gasteiger partial charge in [0.05, 0.1) is 17.4 Å². The molecule has 0 aliphatic carbocycles. The first kappa shape index (κ1) is 19.6. The smallest absolute Gasteiger partial charge is 0.338 e. The third-order valence-corrected chi connectivity index (χ3v) is 4.18. The lowest BCUT2D eigenvalue weighted by molar-refractivity contribution is -0.153. The molecule has 1 N–H and O–H groups in total. The fraction of sp³-hybridized carbons (Fsp3) is 0.316. The maximum atomic E-state index is 13.9. The molecule has 9 heteroatoms. The molecule has 1 saturated heterocycles. The van der Waals surface area contributed by atoms with Crippen molar-refractivity contribution >= 4 is 18.0 Å². The van der Waals surface area contributed by atoms with Gasteiger partial charge in [0.15, 0.2) is 12.1 Å². The van der Waals surface area contributed by atoms with Gasteiger partial charge in [-0.25, -0.2) is 14.0 Å². The highest BCUT2D eigenvalue weighted by atomic mass is 19.1. The van der Waals surface area contributed by atoms with E-state index >= 15 is 0 Å². The van der Waals surface area contributed by atoms with Gasteiger partial charge in [0.2, 0.25) is 0 Å². The Hall–Kier alpha value is -3.20. The number of esters is 2. The van der Waals surface area contributed by atoms with Crippen LogP contribution >= 0.6 is 0 Å². The van der Waals surface area contributed by atoms with Crippen LogP contribution in [0, 0.1) is 0 Å². The van der Waals surface area contributed by atoms with E-state index < -0.39 is 42.2 Å². The molecular formula is C19H19FN2O6. The first-order valence-corrected chi connectivity index (χ1v) is 8.56. The highest BCUT2D eigenvalue weighted by molar-refractivity contribution is 5.89. The monoisotopic (exact) mass is 390 g/mol. The van der Waals surface area contributed by atoms with Gasteiger partial charge < -0.3 is 19.5 Å². The summed E-state index contributed by atoms with van der Waals surface area (Å²) in [5.41, 5.74) is 0.212. The number of allylic oxidation sites excluding steroid dienone is 1. The number of rotatable bonds is 5. The van der Waals surface area contributed by atoms with Gasteiger partial charge in [-0.3, -0.25) is 9.69 Å². The predicted molar refractivity (Wildman–Crippen MR) is 94.3 cm³/mol. The summed E-state index contributed by atoms with van der Waals surface area (Å²) in [4.78, 5) is 36.6. The van der Waals surface area contributed by atoms with E-state index in [2.05, 4.69) is 11.9 Å². The van der Waals surface area contributed by atoms with Crippen molar-refractivity contribution in [3.05, 3.63) is 60.2 Å². The zero-order valence-electron chi connectivity index (χ0n) is 15.1. The summed E-state index contributed by atoms with van der Waals surface area (Å²) in [6.45, 7) is 4.48. The predicted octanol–water partition coefficient (Wildman–Crippen LogP) is 2.24. The standard InChI is InChI=1S/C19H19FN2O6/c1-11-15(20)9-22(19(25)21-11)17-16(27-12(2)23)8-14(28-17)10-26-18(24)13-6-4-3-5-7-13/h3-7,9,14,16-17H,1,8,10H2,2H3,(H,21,25)/t14-,16+,17+/m1/s1. The van der Waals surface area contributed by atoms with Crippen molar-refractivity contribution in [1.82, 2.24) is 10.2 Å². The van der Waals surface area contributed by atoms with E-state index in [1.165, 1.54) is 6.92 Å². The van der Waals surface area contributed by atoms with E-state index in [9.17, 15) is 18.8 Å². The van der Waals surface area contributed by atoms with Crippen molar-refractivity contribution in [2.45, 2.75) is 31.8 Å². The SMILES string of the molecule is C=C1NC(=O)N([C@H]2O[C@@H](COC(=O)c3ccccc3)C[C@@H]2OC(C)=O)C=C1F. The average molecular weight is 390 g/mol. The summed E-state index contributed by atoms with van der Waals surface area (Å²) in [6, 6.07) is 7.74. The van der Waals surface area contributed by atoms with Crippen molar-refractivity contribution in [2.75, 3.05) is 6.61 Å². The molecule has 2 aliphatic heterocycles. The van der Waals surface area contributed by atoms with Crippen molar-refractivity contribution < 1.29 is 33.0 Å². The zero-order valence-corrected chi connectivity index (χ0v) is 15.1. The van der Waals surface area contributed by atoms with E-state index in [0.717, 1.165) is 11.1 Å². The summed E-state index contributed by atoms with van der Waals surface area (Å²) < 4.78 is 30.0. The van der Waals surface area contributed by atoms with Crippen LogP contribution in [0.4, 0.5) is 9.18 Å². The van der Waals surface area contributed by atoms with Gasteiger partial charge in [-0.05, 0) is 12.1 Å². The molecule has 0 aromatic heterocycles. The highest BCUT2D eigenvalue weighted by Gasteiger charge is 2.44. The van der Waals surface area contributed by atoms with E-state index in [0.29, 0.717) is 5.56 Å². The van der Waals surface area contributed by atoms with Crippen LogP contribution in [0.5, 0.6) is 0 Å². The number of hydrogen-bond acceptors (Lipinski definition) is 6. The van der Waals surface area contributed by atoms with Gasteiger partial charge in [0.25, 0.3) is 0 Å². The molecule has 0 saturated carbocycles. The fourth-order valence-electron chi connectivity index (χ4n) is 2.91. The van der Waals surface area contributed by atoms with E-state index in [4.69, 9.17) is 14.2 Å². The maximum absolute atomic E-state index is 13.9. The number of halogens is 1. The molecule has 148 valence electrons. The highest BCUT2D eigenvalue weighted by Crippen LogP contribution is 2.29. The van der Waals surface area contributed by atoms with E-state index in [1.54, 1.807) is 30.3 Å². The van der Waals surface area contributed by atoms with Gasteiger partial charge in [0.1, 0.15) is 12.7 Å². The normalized spacial score (nSPS) is 24.4. The molecule has 0 spiro atoms. The minimum absolute atomic E-state index is 0.115. The second-order valence-electron chi connectivity index (χ2n) is 6.29. The van der Waals surface area contributed by atoms with Crippen LogP contribution < -0.4 is 5.32 Å². The lowest BCUT2D eigenvalue weighted by Gasteiger charge is -2.31. The maximum Gasteiger partial charge on any atom is 0.338 e. The molecule has 0 unspecified atom stereocenters. The van der Waals surface area contributed by atoms with Crippen LogP contribution in [0.1, 0.15) is 23.7 Å². The lowest BCUT2D eigenvalue weighted by atomic mass is 10.2. The minimum Gasteiger partial charge on any atom is -0.459 e. The van der Waals surface area contributed by atoms with Crippen molar-refractivity contribution in [1.29, 1.82) is 0 Å². The fourth-order valence-corrected chi connectivity index (χ4v) is 2.91. The van der Waals surface area contributed by atoms with Crippen LogP contribution in [-0.4, -0.2) is 47.9 Å². The first-order valence-electron chi connectivity index (χ1n) is 8.56. The molecule has 2 amide bonds. The molecule has 28 heavy (non-hydrogen) atoms. The summed E-state index contributed by atoms with van der Waals surface area (Å²) >= 11 is 0. The third kappa shape index (κ3) is 4.37. The van der Waals surface area contributed by atoms with Crippen molar-refractivity contribution in [2.24, 2.45) is 0 Å². The molecule has 8 nitrogen and oxygen atoms in total. The Bertz CT molecular complexity index is 825. The Morgan fingerprint density at radius 2 is 2.07 bits per heavy atom. The summed E-state index contributed by atoms with van der Waals surface area (Å²) in [6.07, 6.45) is -1.45. The lowest BCUT2D eigenvalue weighted by Crippen LogP contribution is -2.50. The van der Waals surface area contributed by atoms with Crippen molar-refractivity contribution in [3.8, 4) is 0 Å². The molecule has 2 heterocycles. The molecule has 3 rings (SSSR count). The number of nitrogens with one attached hydrogen (secondary N) is 1. The zero-order chi connectivity index (χ0) is 20.3. The van der Waals surface area contributed by atoms with Crippen LogP contribution in [0.2, 0.25) is 0 Å². The Labute approximate surface area is 160 Å². The van der Waals surface area contributed by atoms with E-state index in [-0.39, 0.29) is 18.7 Å². The second-order valence-corrected chi connectivity index (χ2v) is 6.29. The molecule has 1 fully saturated rings. The molecule has 3 atom stereocenters. The molecular weight excluding hydrogens is 371 g/mol. The van der Waals surface area contributed by atoms with Crippen molar-refractivity contribution in [3.63, 3.8) is 0 Å². The second kappa shape index (κ2) is 8.22. The third-order valence-electron chi connectivity index (χ3n) is 4.18. The topological polar surface area (TPSA) is 94.2 Å². The number of urea groups is 1. The summed E-state index contributed by atoms with van der Waals surface area (Å²) in [5, 5.41) is 2.26. The number of carbonyl (C=O) groups excluding carboxylic acids is 3. The van der Waals surface area contributed by atoms with Gasteiger partial charge in [-0.15, -0.1) is 0 Å². The van der Waals surface area contributed by atoms with Crippen LogP contribution in [-0.2, 0) is 19.0 Å². The number of hydrogen-bond donors (Lipinski definition) is 1. The Morgan fingerprint density at radius 3 is 2.75 bits per heavy atom. The first-order chi connectivity index (χ1) is 13.3. The molecule has 2 aliphatic rings. The van der Waals surface area contributed by atoms with Crippen LogP contribution in [0.15, 0.2) is 54.6 Å². The average Bonchev–Trinajstić information content (AvgIpc) is 3.05. The summed E-state index contributed by atoms with van der Waals surface area (Å²) in [7, 11) is 0.